The summed E-state index contributed by atoms with van der Waals surface area (Å²) >= 11 is 1.79. The molecule has 2 unspecified atom stereocenters. The Bertz CT molecular complexity index is 635. The molecule has 1 spiro atoms. The van der Waals surface area contributed by atoms with Gasteiger partial charge in [-0.25, -0.2) is 0 Å². The Morgan fingerprint density at radius 1 is 1.29 bits per heavy atom. The van der Waals surface area contributed by atoms with Crippen molar-refractivity contribution in [1.82, 2.24) is 15.5 Å². The van der Waals surface area contributed by atoms with E-state index in [1.165, 1.54) is 37.7 Å². The number of ether oxygens (including phenoxy) is 1. The highest BCUT2D eigenvalue weighted by Gasteiger charge is 2.59. The third-order valence-electron chi connectivity index (χ3n) is 6.98. The number of nitrogens with one attached hydrogen (secondary N) is 2. The van der Waals surface area contributed by atoms with Gasteiger partial charge in [-0.15, -0.1) is 0 Å². The van der Waals surface area contributed by atoms with E-state index in [0.29, 0.717) is 23.6 Å². The summed E-state index contributed by atoms with van der Waals surface area (Å²) in [6, 6.07) is 3.29. The van der Waals surface area contributed by atoms with Crippen LogP contribution in [0.4, 0.5) is 0 Å². The zero-order valence-corrected chi connectivity index (χ0v) is 18.3. The number of nitrogens with zero attached hydrogens (tertiary/aromatic N) is 2. The first-order valence-corrected chi connectivity index (χ1v) is 12.1. The molecule has 1 aromatic rings. The van der Waals surface area contributed by atoms with E-state index in [1.807, 2.05) is 0 Å². The molecule has 2 atom stereocenters. The van der Waals surface area contributed by atoms with Gasteiger partial charge in [0.15, 0.2) is 5.96 Å². The van der Waals surface area contributed by atoms with Gasteiger partial charge in [-0.05, 0) is 68.3 Å². The fraction of sp³-hybridized carbons (Fsp3) is 0.773. The fourth-order valence-corrected chi connectivity index (χ4v) is 5.83. The highest BCUT2D eigenvalue weighted by Crippen LogP contribution is 2.57. The second kappa shape index (κ2) is 9.14. The average molecular weight is 405 g/mol. The molecule has 1 aromatic heterocycles. The third kappa shape index (κ3) is 4.24. The Balaban J connectivity index is 1.26. The van der Waals surface area contributed by atoms with Crippen molar-refractivity contribution in [2.45, 2.75) is 77.1 Å². The van der Waals surface area contributed by atoms with Crippen molar-refractivity contribution in [3.63, 3.8) is 0 Å². The summed E-state index contributed by atoms with van der Waals surface area (Å²) in [5.74, 6) is 1.02. The minimum Gasteiger partial charge on any atom is -0.378 e. The van der Waals surface area contributed by atoms with E-state index in [1.54, 1.807) is 11.3 Å². The van der Waals surface area contributed by atoms with Gasteiger partial charge >= 0.3 is 0 Å². The summed E-state index contributed by atoms with van der Waals surface area (Å²) < 4.78 is 6.01. The largest absolute Gasteiger partial charge is 0.378 e. The van der Waals surface area contributed by atoms with Crippen LogP contribution in [0.15, 0.2) is 21.8 Å². The summed E-state index contributed by atoms with van der Waals surface area (Å²) in [6.07, 6.45) is 7.89. The highest BCUT2D eigenvalue weighted by molar-refractivity contribution is 7.07. The summed E-state index contributed by atoms with van der Waals surface area (Å²) in [6.45, 7) is 9.30. The molecule has 1 aliphatic heterocycles. The first-order chi connectivity index (χ1) is 13.7. The Morgan fingerprint density at radius 3 is 2.71 bits per heavy atom. The first kappa shape index (κ1) is 20.2. The van der Waals surface area contributed by atoms with Crippen molar-refractivity contribution in [2.24, 2.45) is 10.4 Å². The number of likely N-dealkylation sites (tertiary alicyclic amines) is 1. The lowest BCUT2D eigenvalue weighted by molar-refractivity contribution is -0.168. The predicted molar refractivity (Wildman–Crippen MR) is 117 cm³/mol. The molecule has 3 aliphatic rings. The normalized spacial score (nSPS) is 28.0. The van der Waals surface area contributed by atoms with Gasteiger partial charge in [0.1, 0.15) is 0 Å². The standard InChI is InChI=1S/C22H36N4OS/c1-3-23-21(25-19-14-20(27-4-2)22(19)9-5-10-22)24-18-6-11-26(12-7-18)15-17-8-13-28-16-17/h8,13,16,18-20H,3-7,9-12,14-15H2,1-2H3,(H2,23,24,25). The van der Waals surface area contributed by atoms with Gasteiger partial charge < -0.3 is 15.4 Å². The van der Waals surface area contributed by atoms with Crippen molar-refractivity contribution < 1.29 is 4.74 Å². The smallest absolute Gasteiger partial charge is 0.191 e. The second-order valence-corrected chi connectivity index (χ2v) is 9.39. The quantitative estimate of drug-likeness (QED) is 0.538. The molecule has 5 nitrogen and oxygen atoms in total. The minimum atomic E-state index is 0.371. The van der Waals surface area contributed by atoms with E-state index in [0.717, 1.165) is 45.2 Å². The number of rotatable bonds is 7. The van der Waals surface area contributed by atoms with Gasteiger partial charge in [0.25, 0.3) is 0 Å². The number of guanidine groups is 1. The predicted octanol–water partition coefficient (Wildman–Crippen LogP) is 3.62. The van der Waals surface area contributed by atoms with Gasteiger partial charge in [0.05, 0.1) is 6.10 Å². The average Bonchev–Trinajstić information content (AvgIpc) is 3.14. The first-order valence-electron chi connectivity index (χ1n) is 11.2. The topological polar surface area (TPSA) is 48.9 Å². The summed E-state index contributed by atoms with van der Waals surface area (Å²) in [7, 11) is 0. The molecule has 4 rings (SSSR count). The molecule has 3 fully saturated rings. The van der Waals surface area contributed by atoms with Crippen LogP contribution in [0.25, 0.3) is 0 Å². The zero-order chi connectivity index (χ0) is 19.4. The molecule has 0 radical (unpaired) electrons. The molecule has 2 aliphatic carbocycles. The maximum atomic E-state index is 6.01. The zero-order valence-electron chi connectivity index (χ0n) is 17.5. The lowest BCUT2D eigenvalue weighted by Gasteiger charge is -2.61. The molecular weight excluding hydrogens is 368 g/mol. The highest BCUT2D eigenvalue weighted by atomic mass is 32.1. The summed E-state index contributed by atoms with van der Waals surface area (Å²) in [4.78, 5) is 7.33. The molecule has 0 bridgehead atoms. The Kier molecular flexibility index (Phi) is 6.59. The van der Waals surface area contributed by atoms with Crippen molar-refractivity contribution in [3.05, 3.63) is 22.4 Å². The number of hydrogen-bond donors (Lipinski definition) is 2. The Labute approximate surface area is 173 Å². The second-order valence-electron chi connectivity index (χ2n) is 8.61. The van der Waals surface area contributed by atoms with E-state index in [4.69, 9.17) is 9.73 Å². The third-order valence-corrected chi connectivity index (χ3v) is 7.71. The molecule has 0 aromatic carbocycles. The molecule has 2 N–H and O–H groups in total. The van der Waals surface area contributed by atoms with E-state index >= 15 is 0 Å². The van der Waals surface area contributed by atoms with Gasteiger partial charge in [-0.3, -0.25) is 9.89 Å². The fourth-order valence-electron chi connectivity index (χ4n) is 5.17. The molecule has 156 valence electrons. The molecule has 2 saturated carbocycles. The van der Waals surface area contributed by atoms with Crippen LogP contribution in [0.1, 0.15) is 57.9 Å². The lowest BCUT2D eigenvalue weighted by Crippen LogP contribution is -2.69. The van der Waals surface area contributed by atoms with Crippen LogP contribution in [0.3, 0.4) is 0 Å². The summed E-state index contributed by atoms with van der Waals surface area (Å²) in [5, 5.41) is 12.0. The van der Waals surface area contributed by atoms with Crippen LogP contribution < -0.4 is 10.6 Å². The van der Waals surface area contributed by atoms with Crippen LogP contribution in [0, 0.1) is 5.41 Å². The lowest BCUT2D eigenvalue weighted by atomic mass is 9.51. The SMILES string of the molecule is CCN=C(NC1CCN(Cc2ccsc2)CC1)NC1CC(OCC)C12CCC2. The van der Waals surface area contributed by atoms with Crippen molar-refractivity contribution >= 4 is 17.3 Å². The maximum Gasteiger partial charge on any atom is 0.191 e. The molecule has 1 saturated heterocycles. The molecule has 2 heterocycles. The van der Waals surface area contributed by atoms with Crippen molar-refractivity contribution in [2.75, 3.05) is 26.2 Å². The molecule has 6 heteroatoms. The van der Waals surface area contributed by atoms with Crippen molar-refractivity contribution in [3.8, 4) is 0 Å². The van der Waals surface area contributed by atoms with Crippen LogP contribution >= 0.6 is 11.3 Å². The van der Waals surface area contributed by atoms with Crippen LogP contribution in [0.2, 0.25) is 0 Å². The van der Waals surface area contributed by atoms with E-state index in [-0.39, 0.29) is 0 Å². The van der Waals surface area contributed by atoms with Crippen LogP contribution in [0.5, 0.6) is 0 Å². The summed E-state index contributed by atoms with van der Waals surface area (Å²) in [5.41, 5.74) is 1.82. The van der Waals surface area contributed by atoms with Crippen LogP contribution in [-0.2, 0) is 11.3 Å². The van der Waals surface area contributed by atoms with Gasteiger partial charge in [0.2, 0.25) is 0 Å². The van der Waals surface area contributed by atoms with Crippen molar-refractivity contribution in [1.29, 1.82) is 0 Å². The van der Waals surface area contributed by atoms with Gasteiger partial charge in [-0.1, -0.05) is 6.42 Å². The van der Waals surface area contributed by atoms with Crippen LogP contribution in [-0.4, -0.2) is 55.3 Å². The van der Waals surface area contributed by atoms with E-state index in [2.05, 4.69) is 46.2 Å². The Hall–Kier alpha value is -1.11. The van der Waals surface area contributed by atoms with Gasteiger partial charge in [-0.2, -0.15) is 11.3 Å². The number of piperidine rings is 1. The number of thiophene rings is 1. The molecule has 0 amide bonds. The maximum absolute atomic E-state index is 6.01. The molecule has 28 heavy (non-hydrogen) atoms. The molecular formula is C22H36N4OS. The Morgan fingerprint density at radius 2 is 2.11 bits per heavy atom. The monoisotopic (exact) mass is 404 g/mol. The van der Waals surface area contributed by atoms with E-state index in [9.17, 15) is 0 Å². The number of aliphatic imine (C=N–C) groups is 1. The number of hydrogen-bond acceptors (Lipinski definition) is 4. The van der Waals surface area contributed by atoms with Gasteiger partial charge in [0, 0.05) is 50.3 Å². The minimum absolute atomic E-state index is 0.371. The van der Waals surface area contributed by atoms with E-state index < -0.39 is 0 Å².